The molecule has 0 aliphatic rings. The second kappa shape index (κ2) is 7.39. The number of rotatable bonds is 7. The summed E-state index contributed by atoms with van der Waals surface area (Å²) in [7, 11) is -2.34. The summed E-state index contributed by atoms with van der Waals surface area (Å²) in [4.78, 5) is 11.1. The number of sulfonamides is 1. The average Bonchev–Trinajstić information content (AvgIpc) is 2.44. The Morgan fingerprint density at radius 1 is 1.43 bits per heavy atom. The van der Waals surface area contributed by atoms with Gasteiger partial charge in [0.25, 0.3) is 0 Å². The topological polar surface area (TPSA) is 105 Å². The standard InChI is InChI=1S/C13H20N2O5S/c1-4-10(17)8-14-21(18,19)11-5-6-13(20-3)12(7-11)15-9(2)16/h5-7,10,14,17H,4,8H2,1-3H3,(H,15,16). The zero-order chi connectivity index (χ0) is 16.0. The van der Waals surface area contributed by atoms with Crippen LogP contribution in [0.5, 0.6) is 5.75 Å². The number of benzene rings is 1. The Bertz CT molecular complexity index is 601. The van der Waals surface area contributed by atoms with Crippen LogP contribution in [0.4, 0.5) is 5.69 Å². The smallest absolute Gasteiger partial charge is 0.240 e. The highest BCUT2D eigenvalue weighted by molar-refractivity contribution is 7.89. The highest BCUT2D eigenvalue weighted by Gasteiger charge is 2.18. The van der Waals surface area contributed by atoms with Crippen molar-refractivity contribution in [1.82, 2.24) is 4.72 Å². The molecule has 8 heteroatoms. The molecule has 0 aliphatic carbocycles. The van der Waals surface area contributed by atoms with Gasteiger partial charge in [0.05, 0.1) is 23.8 Å². The molecule has 1 rings (SSSR count). The van der Waals surface area contributed by atoms with Crippen LogP contribution < -0.4 is 14.8 Å². The number of hydrogen-bond donors (Lipinski definition) is 3. The first-order valence-corrected chi connectivity index (χ1v) is 7.91. The molecular formula is C13H20N2O5S. The maximum atomic E-state index is 12.1. The van der Waals surface area contributed by atoms with Gasteiger partial charge in [0.2, 0.25) is 15.9 Å². The zero-order valence-electron chi connectivity index (χ0n) is 12.2. The number of carbonyl (C=O) groups excluding carboxylic acids is 1. The summed E-state index contributed by atoms with van der Waals surface area (Å²) in [6.45, 7) is 3.00. The molecule has 0 saturated heterocycles. The van der Waals surface area contributed by atoms with Crippen molar-refractivity contribution in [2.24, 2.45) is 0 Å². The summed E-state index contributed by atoms with van der Waals surface area (Å²) >= 11 is 0. The van der Waals surface area contributed by atoms with Crippen molar-refractivity contribution in [3.63, 3.8) is 0 Å². The Labute approximate surface area is 124 Å². The lowest BCUT2D eigenvalue weighted by atomic mass is 10.3. The minimum atomic E-state index is -3.77. The fourth-order valence-corrected chi connectivity index (χ4v) is 2.67. The van der Waals surface area contributed by atoms with Gasteiger partial charge in [0, 0.05) is 13.5 Å². The Morgan fingerprint density at radius 3 is 2.62 bits per heavy atom. The summed E-state index contributed by atoms with van der Waals surface area (Å²) in [5.74, 6) is 0.0231. The van der Waals surface area contributed by atoms with Crippen LogP contribution in [0.25, 0.3) is 0 Å². The number of aliphatic hydroxyl groups excluding tert-OH is 1. The third-order valence-electron chi connectivity index (χ3n) is 2.77. The van der Waals surface area contributed by atoms with Gasteiger partial charge >= 0.3 is 0 Å². The summed E-state index contributed by atoms with van der Waals surface area (Å²) in [6.07, 6.45) is -0.296. The van der Waals surface area contributed by atoms with E-state index in [-0.39, 0.29) is 23.0 Å². The van der Waals surface area contributed by atoms with Crippen LogP contribution in [0.2, 0.25) is 0 Å². The van der Waals surface area contributed by atoms with Crippen LogP contribution in [-0.4, -0.2) is 39.2 Å². The molecular weight excluding hydrogens is 296 g/mol. The van der Waals surface area contributed by atoms with Gasteiger partial charge in [-0.2, -0.15) is 0 Å². The molecule has 1 unspecified atom stereocenters. The molecule has 0 radical (unpaired) electrons. The van der Waals surface area contributed by atoms with E-state index >= 15 is 0 Å². The number of hydrogen-bond acceptors (Lipinski definition) is 5. The second-order valence-electron chi connectivity index (χ2n) is 4.46. The van der Waals surface area contributed by atoms with Crippen molar-refractivity contribution in [2.75, 3.05) is 19.0 Å². The van der Waals surface area contributed by atoms with Crippen LogP contribution in [0.3, 0.4) is 0 Å². The third-order valence-corrected chi connectivity index (χ3v) is 4.19. The first-order chi connectivity index (χ1) is 9.80. The molecule has 118 valence electrons. The van der Waals surface area contributed by atoms with E-state index in [0.717, 1.165) is 0 Å². The minimum Gasteiger partial charge on any atom is -0.495 e. The van der Waals surface area contributed by atoms with Crippen molar-refractivity contribution in [2.45, 2.75) is 31.3 Å². The van der Waals surface area contributed by atoms with Gasteiger partial charge in [-0.1, -0.05) is 6.92 Å². The molecule has 21 heavy (non-hydrogen) atoms. The number of anilines is 1. The zero-order valence-corrected chi connectivity index (χ0v) is 13.0. The van der Waals surface area contributed by atoms with E-state index in [0.29, 0.717) is 12.2 Å². The molecule has 0 fully saturated rings. The number of amides is 1. The van der Waals surface area contributed by atoms with Gasteiger partial charge in [-0.05, 0) is 24.6 Å². The maximum Gasteiger partial charge on any atom is 0.240 e. The van der Waals surface area contributed by atoms with Crippen LogP contribution in [0.15, 0.2) is 23.1 Å². The van der Waals surface area contributed by atoms with E-state index in [1.807, 2.05) is 0 Å². The number of carbonyl (C=O) groups is 1. The Hall–Kier alpha value is -1.64. The first-order valence-electron chi connectivity index (χ1n) is 6.43. The minimum absolute atomic E-state index is 0.0182. The van der Waals surface area contributed by atoms with Crippen LogP contribution in [-0.2, 0) is 14.8 Å². The lowest BCUT2D eigenvalue weighted by molar-refractivity contribution is -0.114. The molecule has 0 spiro atoms. The molecule has 1 amide bonds. The summed E-state index contributed by atoms with van der Waals surface area (Å²) < 4.78 is 31.6. The molecule has 7 nitrogen and oxygen atoms in total. The monoisotopic (exact) mass is 316 g/mol. The molecule has 0 aliphatic heterocycles. The molecule has 0 aromatic heterocycles. The molecule has 0 saturated carbocycles. The van der Waals surface area contributed by atoms with Crippen molar-refractivity contribution >= 4 is 21.6 Å². The second-order valence-corrected chi connectivity index (χ2v) is 6.22. The van der Waals surface area contributed by atoms with Gasteiger partial charge in [0.15, 0.2) is 0 Å². The van der Waals surface area contributed by atoms with Gasteiger partial charge in [-0.25, -0.2) is 13.1 Å². The quantitative estimate of drug-likeness (QED) is 0.687. The van der Waals surface area contributed by atoms with E-state index < -0.39 is 16.1 Å². The van der Waals surface area contributed by atoms with Gasteiger partial charge in [-0.15, -0.1) is 0 Å². The molecule has 1 aromatic carbocycles. The molecule has 1 aromatic rings. The van der Waals surface area contributed by atoms with Crippen molar-refractivity contribution in [1.29, 1.82) is 0 Å². The molecule has 1 atom stereocenters. The Kier molecular flexibility index (Phi) is 6.13. The van der Waals surface area contributed by atoms with E-state index in [2.05, 4.69) is 10.0 Å². The maximum absolute atomic E-state index is 12.1. The van der Waals surface area contributed by atoms with E-state index in [4.69, 9.17) is 4.74 Å². The highest BCUT2D eigenvalue weighted by Crippen LogP contribution is 2.27. The number of nitrogens with one attached hydrogen (secondary N) is 2. The summed E-state index contributed by atoms with van der Waals surface area (Å²) in [6, 6.07) is 4.13. The normalized spacial score (nSPS) is 12.8. The van der Waals surface area contributed by atoms with Gasteiger partial charge < -0.3 is 15.2 Å². The fraction of sp³-hybridized carbons (Fsp3) is 0.462. The van der Waals surface area contributed by atoms with Crippen molar-refractivity contribution < 1.29 is 23.1 Å². The average molecular weight is 316 g/mol. The largest absolute Gasteiger partial charge is 0.495 e. The predicted octanol–water partition coefficient (Wildman–Crippen LogP) is 0.703. The van der Waals surface area contributed by atoms with Gasteiger partial charge in [0.1, 0.15) is 5.75 Å². The van der Waals surface area contributed by atoms with E-state index in [1.165, 1.54) is 32.2 Å². The predicted molar refractivity (Wildman–Crippen MR) is 78.8 cm³/mol. The lowest BCUT2D eigenvalue weighted by Crippen LogP contribution is -2.31. The van der Waals surface area contributed by atoms with Crippen LogP contribution >= 0.6 is 0 Å². The van der Waals surface area contributed by atoms with Crippen LogP contribution in [0, 0.1) is 0 Å². The van der Waals surface area contributed by atoms with Crippen molar-refractivity contribution in [3.05, 3.63) is 18.2 Å². The first kappa shape index (κ1) is 17.4. The number of ether oxygens (including phenoxy) is 1. The van der Waals surface area contributed by atoms with Crippen molar-refractivity contribution in [3.8, 4) is 5.75 Å². The Balaban J connectivity index is 3.04. The summed E-state index contributed by atoms with van der Waals surface area (Å²) in [5.41, 5.74) is 0.268. The van der Waals surface area contributed by atoms with E-state index in [1.54, 1.807) is 6.92 Å². The van der Waals surface area contributed by atoms with Crippen LogP contribution in [0.1, 0.15) is 20.3 Å². The highest BCUT2D eigenvalue weighted by atomic mass is 32.2. The summed E-state index contributed by atoms with van der Waals surface area (Å²) in [5, 5.41) is 11.9. The third kappa shape index (κ3) is 5.00. The number of aliphatic hydroxyl groups is 1. The Morgan fingerprint density at radius 2 is 2.10 bits per heavy atom. The SMILES string of the molecule is CCC(O)CNS(=O)(=O)c1ccc(OC)c(NC(C)=O)c1. The van der Waals surface area contributed by atoms with E-state index in [9.17, 15) is 18.3 Å². The molecule has 3 N–H and O–H groups in total. The number of methoxy groups -OCH3 is 1. The molecule has 0 bridgehead atoms. The molecule has 0 heterocycles. The van der Waals surface area contributed by atoms with Gasteiger partial charge in [-0.3, -0.25) is 4.79 Å². The fourth-order valence-electron chi connectivity index (χ4n) is 1.58. The lowest BCUT2D eigenvalue weighted by Gasteiger charge is -2.13.